The lowest BCUT2D eigenvalue weighted by Crippen LogP contribution is -2.05. The highest BCUT2D eigenvalue weighted by Gasteiger charge is 2.16. The van der Waals surface area contributed by atoms with Crippen molar-refractivity contribution in [1.29, 1.82) is 0 Å². The number of carbonyl (C=O) groups is 1. The third kappa shape index (κ3) is 3.10. The van der Waals surface area contributed by atoms with Crippen LogP contribution in [0.3, 0.4) is 0 Å². The van der Waals surface area contributed by atoms with Crippen molar-refractivity contribution in [2.45, 2.75) is 13.5 Å². The van der Waals surface area contributed by atoms with Gasteiger partial charge in [-0.15, -0.1) is 0 Å². The van der Waals surface area contributed by atoms with Gasteiger partial charge in [0.25, 0.3) is 0 Å². The molecule has 0 aliphatic heterocycles. The van der Waals surface area contributed by atoms with Gasteiger partial charge in [-0.25, -0.2) is 19.4 Å². The van der Waals surface area contributed by atoms with Crippen molar-refractivity contribution in [3.05, 3.63) is 66.4 Å². The van der Waals surface area contributed by atoms with E-state index < -0.39 is 5.97 Å². The molecule has 4 aromatic rings. The van der Waals surface area contributed by atoms with Gasteiger partial charge in [0.15, 0.2) is 11.5 Å². The van der Waals surface area contributed by atoms with Crippen LogP contribution >= 0.6 is 0 Å². The molecule has 0 saturated carbocycles. The van der Waals surface area contributed by atoms with Gasteiger partial charge in [-0.05, 0) is 19.1 Å². The SMILES string of the molecule is CCn1ncc2c(Nc3ccccc3C(=O)O)nc(-c3ccccc3)nc21. The topological polar surface area (TPSA) is 92.9 Å². The minimum absolute atomic E-state index is 0.174. The van der Waals surface area contributed by atoms with E-state index >= 15 is 0 Å². The van der Waals surface area contributed by atoms with Gasteiger partial charge in [0.2, 0.25) is 0 Å². The Labute approximate surface area is 155 Å². The van der Waals surface area contributed by atoms with Crippen molar-refractivity contribution in [1.82, 2.24) is 19.7 Å². The van der Waals surface area contributed by atoms with E-state index in [1.165, 1.54) is 0 Å². The lowest BCUT2D eigenvalue weighted by Gasteiger charge is -2.11. The monoisotopic (exact) mass is 359 g/mol. The Morgan fingerprint density at radius 1 is 1.07 bits per heavy atom. The molecule has 0 aliphatic carbocycles. The number of para-hydroxylation sites is 1. The lowest BCUT2D eigenvalue weighted by atomic mass is 10.1. The molecule has 0 unspecified atom stereocenters. The van der Waals surface area contributed by atoms with Crippen molar-refractivity contribution in [2.75, 3.05) is 5.32 Å². The van der Waals surface area contributed by atoms with Crippen LogP contribution in [0.15, 0.2) is 60.8 Å². The van der Waals surface area contributed by atoms with Crippen molar-refractivity contribution in [2.24, 2.45) is 0 Å². The highest BCUT2D eigenvalue weighted by molar-refractivity contribution is 5.97. The fourth-order valence-corrected chi connectivity index (χ4v) is 2.90. The first-order chi connectivity index (χ1) is 13.2. The standard InChI is InChI=1S/C20H17N5O2/c1-2-25-19-15(12-21-25)18(22-16-11-7-6-10-14(16)20(26)27)23-17(24-19)13-8-4-3-5-9-13/h3-12H,2H2,1H3,(H,26,27)(H,22,23,24). The van der Waals surface area contributed by atoms with E-state index in [2.05, 4.69) is 20.4 Å². The van der Waals surface area contributed by atoms with E-state index in [-0.39, 0.29) is 5.56 Å². The van der Waals surface area contributed by atoms with E-state index in [0.29, 0.717) is 29.5 Å². The molecular formula is C20H17N5O2. The molecule has 7 nitrogen and oxygen atoms in total. The second-order valence-corrected chi connectivity index (χ2v) is 5.94. The summed E-state index contributed by atoms with van der Waals surface area (Å²) in [4.78, 5) is 20.8. The number of rotatable bonds is 5. The molecule has 2 aromatic heterocycles. The van der Waals surface area contributed by atoms with E-state index in [1.807, 2.05) is 37.3 Å². The van der Waals surface area contributed by atoms with Crippen LogP contribution in [0.25, 0.3) is 22.4 Å². The van der Waals surface area contributed by atoms with Crippen LogP contribution in [0.4, 0.5) is 11.5 Å². The summed E-state index contributed by atoms with van der Waals surface area (Å²) in [7, 11) is 0. The summed E-state index contributed by atoms with van der Waals surface area (Å²) in [6.45, 7) is 2.66. The predicted molar refractivity (Wildman–Crippen MR) is 103 cm³/mol. The molecule has 4 rings (SSSR count). The summed E-state index contributed by atoms with van der Waals surface area (Å²) in [5, 5.41) is 17.7. The first-order valence-corrected chi connectivity index (χ1v) is 8.55. The van der Waals surface area contributed by atoms with Gasteiger partial charge in [0, 0.05) is 12.1 Å². The maximum atomic E-state index is 11.5. The van der Waals surface area contributed by atoms with E-state index in [1.54, 1.807) is 35.1 Å². The van der Waals surface area contributed by atoms with Crippen molar-refractivity contribution in [3.8, 4) is 11.4 Å². The number of benzene rings is 2. The Balaban J connectivity index is 1.89. The maximum absolute atomic E-state index is 11.5. The number of nitrogens with one attached hydrogen (secondary N) is 1. The first-order valence-electron chi connectivity index (χ1n) is 8.55. The number of hydrogen-bond acceptors (Lipinski definition) is 5. The maximum Gasteiger partial charge on any atom is 0.337 e. The van der Waals surface area contributed by atoms with E-state index in [0.717, 1.165) is 10.9 Å². The molecule has 0 radical (unpaired) electrons. The highest BCUT2D eigenvalue weighted by atomic mass is 16.4. The molecule has 0 spiro atoms. The van der Waals surface area contributed by atoms with Crippen LogP contribution in [-0.2, 0) is 6.54 Å². The average Bonchev–Trinajstić information content (AvgIpc) is 3.12. The summed E-state index contributed by atoms with van der Waals surface area (Å²) in [6, 6.07) is 16.4. The number of nitrogens with zero attached hydrogens (tertiary/aromatic N) is 4. The molecule has 2 aromatic carbocycles. The smallest absolute Gasteiger partial charge is 0.337 e. The molecule has 0 aliphatic rings. The van der Waals surface area contributed by atoms with E-state index in [4.69, 9.17) is 0 Å². The Kier molecular flexibility index (Phi) is 4.25. The Hall–Kier alpha value is -3.74. The zero-order valence-corrected chi connectivity index (χ0v) is 14.6. The van der Waals surface area contributed by atoms with Gasteiger partial charge in [-0.2, -0.15) is 5.10 Å². The number of anilines is 2. The Morgan fingerprint density at radius 2 is 1.81 bits per heavy atom. The van der Waals surface area contributed by atoms with Gasteiger partial charge in [0.05, 0.1) is 22.8 Å². The van der Waals surface area contributed by atoms with Gasteiger partial charge >= 0.3 is 5.97 Å². The second kappa shape index (κ2) is 6.87. The first kappa shape index (κ1) is 16.7. The summed E-state index contributed by atoms with van der Waals surface area (Å²) in [5.74, 6) is 0.0665. The Morgan fingerprint density at radius 3 is 2.56 bits per heavy atom. The summed E-state index contributed by atoms with van der Waals surface area (Å²) < 4.78 is 1.79. The third-order valence-corrected chi connectivity index (χ3v) is 4.24. The number of aryl methyl sites for hydroxylation is 1. The summed E-state index contributed by atoms with van der Waals surface area (Å²) in [5.41, 5.74) is 2.21. The van der Waals surface area contributed by atoms with Gasteiger partial charge in [0.1, 0.15) is 5.82 Å². The largest absolute Gasteiger partial charge is 0.478 e. The number of aromatic nitrogens is 4. The summed E-state index contributed by atoms with van der Waals surface area (Å²) in [6.07, 6.45) is 1.69. The lowest BCUT2D eigenvalue weighted by molar-refractivity contribution is 0.0698. The molecule has 2 N–H and O–H groups in total. The molecule has 0 atom stereocenters. The molecule has 27 heavy (non-hydrogen) atoms. The quantitative estimate of drug-likeness (QED) is 0.560. The van der Waals surface area contributed by atoms with Crippen LogP contribution < -0.4 is 5.32 Å². The normalized spacial score (nSPS) is 10.9. The molecule has 0 saturated heterocycles. The highest BCUT2D eigenvalue weighted by Crippen LogP contribution is 2.28. The van der Waals surface area contributed by atoms with Crippen LogP contribution in [0, 0.1) is 0 Å². The van der Waals surface area contributed by atoms with Crippen LogP contribution in [0.1, 0.15) is 17.3 Å². The third-order valence-electron chi connectivity index (χ3n) is 4.24. The van der Waals surface area contributed by atoms with E-state index in [9.17, 15) is 9.90 Å². The number of aromatic carboxylic acids is 1. The van der Waals surface area contributed by atoms with Gasteiger partial charge < -0.3 is 10.4 Å². The molecule has 134 valence electrons. The zero-order chi connectivity index (χ0) is 18.8. The fraction of sp³-hybridized carbons (Fsp3) is 0.100. The predicted octanol–water partition coefficient (Wildman–Crippen LogP) is 3.96. The van der Waals surface area contributed by atoms with Crippen LogP contribution in [0.2, 0.25) is 0 Å². The Bertz CT molecular complexity index is 1120. The van der Waals surface area contributed by atoms with Crippen molar-refractivity contribution in [3.63, 3.8) is 0 Å². The zero-order valence-electron chi connectivity index (χ0n) is 14.6. The number of hydrogen-bond donors (Lipinski definition) is 2. The fourth-order valence-electron chi connectivity index (χ4n) is 2.90. The average molecular weight is 359 g/mol. The van der Waals surface area contributed by atoms with Crippen LogP contribution in [0.5, 0.6) is 0 Å². The molecule has 0 amide bonds. The molecule has 2 heterocycles. The molecule has 7 heteroatoms. The summed E-state index contributed by atoms with van der Waals surface area (Å²) >= 11 is 0. The number of carboxylic acids is 1. The number of carboxylic acid groups (broad SMARTS) is 1. The van der Waals surface area contributed by atoms with Gasteiger partial charge in [-0.3, -0.25) is 0 Å². The van der Waals surface area contributed by atoms with Crippen LogP contribution in [-0.4, -0.2) is 30.8 Å². The molecule has 0 fully saturated rings. The molecule has 0 bridgehead atoms. The molecular weight excluding hydrogens is 342 g/mol. The second-order valence-electron chi connectivity index (χ2n) is 5.94. The van der Waals surface area contributed by atoms with Gasteiger partial charge in [-0.1, -0.05) is 42.5 Å². The minimum Gasteiger partial charge on any atom is -0.478 e. The van der Waals surface area contributed by atoms with Crippen molar-refractivity contribution >= 4 is 28.5 Å². The van der Waals surface area contributed by atoms with Crippen molar-refractivity contribution < 1.29 is 9.90 Å². The number of fused-ring (bicyclic) bond motifs is 1. The minimum atomic E-state index is -1.00.